The first kappa shape index (κ1) is 15.7. The molecule has 0 saturated carbocycles. The minimum Gasteiger partial charge on any atom is -0.398 e. The Morgan fingerprint density at radius 1 is 1.37 bits per heavy atom. The van der Waals surface area contributed by atoms with Crippen LogP contribution >= 0.6 is 0 Å². The monoisotopic (exact) mass is 282 g/mol. The van der Waals surface area contributed by atoms with Crippen molar-refractivity contribution in [2.24, 2.45) is 0 Å². The average molecular weight is 282 g/mol. The third-order valence-electron chi connectivity index (χ3n) is 2.94. The van der Waals surface area contributed by atoms with Crippen LogP contribution in [-0.4, -0.2) is 21.4 Å². The minimum absolute atomic E-state index is 0.102. The number of para-hydroxylation sites is 1. The number of rotatable bonds is 6. The van der Waals surface area contributed by atoms with Gasteiger partial charge in [-0.05, 0) is 32.4 Å². The molecule has 0 aliphatic carbocycles. The molecule has 106 valence electrons. The van der Waals surface area contributed by atoms with E-state index < -0.39 is 16.0 Å². The number of anilines is 1. The largest absolute Gasteiger partial charge is 0.398 e. The number of hydrogen-bond acceptors (Lipinski definition) is 3. The number of hydrogen-bond donors (Lipinski definition) is 2. The molecule has 1 aromatic carbocycles. The molecule has 3 atom stereocenters. The Hall–Kier alpha value is -1.36. The van der Waals surface area contributed by atoms with E-state index >= 15 is 0 Å². The Bertz CT molecular complexity index is 463. The van der Waals surface area contributed by atoms with Gasteiger partial charge in [-0.25, -0.2) is 0 Å². The molecule has 1 amide bonds. The molecule has 0 spiro atoms. The van der Waals surface area contributed by atoms with Gasteiger partial charge in [0.1, 0.15) is 5.25 Å². The van der Waals surface area contributed by atoms with Gasteiger partial charge in [-0.1, -0.05) is 25.5 Å². The molecule has 0 fully saturated rings. The molecule has 3 unspecified atom stereocenters. The zero-order chi connectivity index (χ0) is 14.4. The van der Waals surface area contributed by atoms with Gasteiger partial charge in [-0.2, -0.15) is 0 Å². The zero-order valence-corrected chi connectivity index (χ0v) is 12.5. The van der Waals surface area contributed by atoms with Crippen molar-refractivity contribution in [3.63, 3.8) is 0 Å². The van der Waals surface area contributed by atoms with Gasteiger partial charge in [-0.3, -0.25) is 9.00 Å². The second-order valence-corrected chi connectivity index (χ2v) is 6.42. The normalized spacial score (nSPS) is 15.5. The Morgan fingerprint density at radius 3 is 2.58 bits per heavy atom. The number of nitrogens with one attached hydrogen (secondary N) is 1. The van der Waals surface area contributed by atoms with Crippen molar-refractivity contribution >= 4 is 22.4 Å². The summed E-state index contributed by atoms with van der Waals surface area (Å²) >= 11 is 0. The van der Waals surface area contributed by atoms with Gasteiger partial charge < -0.3 is 11.1 Å². The molecule has 0 radical (unpaired) electrons. The fraction of sp³-hybridized carbons (Fsp3) is 0.500. The number of amides is 1. The Morgan fingerprint density at radius 2 is 2.00 bits per heavy atom. The van der Waals surface area contributed by atoms with Crippen molar-refractivity contribution in [3.8, 4) is 0 Å². The molecule has 1 rings (SSSR count). The molecule has 0 saturated heterocycles. The molecular formula is C14H22N2O2S. The van der Waals surface area contributed by atoms with Crippen LogP contribution in [0.1, 0.15) is 33.6 Å². The Kier molecular flexibility index (Phi) is 6.02. The van der Waals surface area contributed by atoms with E-state index in [2.05, 4.69) is 12.2 Å². The van der Waals surface area contributed by atoms with Crippen molar-refractivity contribution in [2.45, 2.75) is 49.8 Å². The molecule has 0 aliphatic rings. The smallest absolute Gasteiger partial charge is 0.236 e. The average Bonchev–Trinajstić information content (AvgIpc) is 2.37. The number of benzene rings is 1. The van der Waals surface area contributed by atoms with Crippen LogP contribution in [0.4, 0.5) is 5.69 Å². The van der Waals surface area contributed by atoms with Gasteiger partial charge >= 0.3 is 0 Å². The highest BCUT2D eigenvalue weighted by atomic mass is 32.2. The maximum absolute atomic E-state index is 12.3. The summed E-state index contributed by atoms with van der Waals surface area (Å²) < 4.78 is 12.3. The predicted octanol–water partition coefficient (Wildman–Crippen LogP) is 2.07. The standard InChI is InChI=1S/C14H22N2O2S/c1-4-7-10(2)16-14(17)11(3)19(18)13-9-6-5-8-12(13)15/h5-6,8-11H,4,7,15H2,1-3H3,(H,16,17). The summed E-state index contributed by atoms with van der Waals surface area (Å²) in [7, 11) is -1.43. The lowest BCUT2D eigenvalue weighted by molar-refractivity contribution is -0.121. The van der Waals surface area contributed by atoms with Crippen LogP contribution in [0.2, 0.25) is 0 Å². The van der Waals surface area contributed by atoms with Gasteiger partial charge in [0, 0.05) is 11.7 Å². The van der Waals surface area contributed by atoms with Crippen LogP contribution in [0.15, 0.2) is 29.2 Å². The molecule has 0 aromatic heterocycles. The van der Waals surface area contributed by atoms with E-state index in [-0.39, 0.29) is 11.9 Å². The van der Waals surface area contributed by atoms with Crippen LogP contribution in [0, 0.1) is 0 Å². The highest BCUT2D eigenvalue weighted by molar-refractivity contribution is 7.86. The van der Waals surface area contributed by atoms with E-state index in [0.717, 1.165) is 12.8 Å². The highest BCUT2D eigenvalue weighted by Gasteiger charge is 2.23. The lowest BCUT2D eigenvalue weighted by atomic mass is 10.2. The topological polar surface area (TPSA) is 72.2 Å². The summed E-state index contributed by atoms with van der Waals surface area (Å²) in [5, 5.41) is 2.27. The van der Waals surface area contributed by atoms with E-state index in [0.29, 0.717) is 10.6 Å². The van der Waals surface area contributed by atoms with Crippen molar-refractivity contribution in [1.29, 1.82) is 0 Å². The van der Waals surface area contributed by atoms with Gasteiger partial charge in [0.15, 0.2) is 0 Å². The molecule has 19 heavy (non-hydrogen) atoms. The number of carbonyl (C=O) groups excluding carboxylic acids is 1. The lowest BCUT2D eigenvalue weighted by Crippen LogP contribution is -2.40. The molecule has 4 nitrogen and oxygen atoms in total. The number of nitrogens with two attached hydrogens (primary N) is 1. The van der Waals surface area contributed by atoms with E-state index in [9.17, 15) is 9.00 Å². The lowest BCUT2D eigenvalue weighted by Gasteiger charge is -2.17. The highest BCUT2D eigenvalue weighted by Crippen LogP contribution is 2.18. The summed E-state index contributed by atoms with van der Waals surface area (Å²) in [6.07, 6.45) is 1.92. The van der Waals surface area contributed by atoms with Gasteiger partial charge in [0.05, 0.1) is 15.7 Å². The van der Waals surface area contributed by atoms with E-state index in [4.69, 9.17) is 5.73 Å². The van der Waals surface area contributed by atoms with E-state index in [1.54, 1.807) is 31.2 Å². The maximum atomic E-state index is 12.3. The van der Waals surface area contributed by atoms with Crippen LogP contribution < -0.4 is 11.1 Å². The fourth-order valence-electron chi connectivity index (χ4n) is 1.82. The summed E-state index contributed by atoms with van der Waals surface area (Å²) in [6, 6.07) is 7.05. The zero-order valence-electron chi connectivity index (χ0n) is 11.7. The van der Waals surface area contributed by atoms with Crippen LogP contribution in [-0.2, 0) is 15.6 Å². The van der Waals surface area contributed by atoms with Crippen molar-refractivity contribution in [3.05, 3.63) is 24.3 Å². The van der Waals surface area contributed by atoms with E-state index in [1.807, 2.05) is 6.92 Å². The third kappa shape index (κ3) is 4.35. The van der Waals surface area contributed by atoms with Gasteiger partial charge in [0.25, 0.3) is 0 Å². The Balaban J connectivity index is 2.72. The van der Waals surface area contributed by atoms with Gasteiger partial charge in [0.2, 0.25) is 5.91 Å². The van der Waals surface area contributed by atoms with E-state index in [1.165, 1.54) is 0 Å². The number of nitrogen functional groups attached to an aromatic ring is 1. The number of carbonyl (C=O) groups is 1. The summed E-state index contributed by atoms with van der Waals surface area (Å²) in [6.45, 7) is 5.68. The first-order chi connectivity index (χ1) is 8.97. The maximum Gasteiger partial charge on any atom is 0.236 e. The van der Waals surface area contributed by atoms with Crippen molar-refractivity contribution < 1.29 is 9.00 Å². The van der Waals surface area contributed by atoms with Crippen LogP contribution in [0.25, 0.3) is 0 Å². The molecule has 3 N–H and O–H groups in total. The van der Waals surface area contributed by atoms with Crippen LogP contribution in [0.3, 0.4) is 0 Å². The molecule has 0 aliphatic heterocycles. The second-order valence-electron chi connectivity index (χ2n) is 4.68. The Labute approximate surface area is 117 Å². The summed E-state index contributed by atoms with van der Waals surface area (Å²) in [4.78, 5) is 12.5. The van der Waals surface area contributed by atoms with Crippen molar-refractivity contribution in [2.75, 3.05) is 5.73 Å². The molecule has 5 heteroatoms. The fourth-order valence-corrected chi connectivity index (χ4v) is 2.97. The molecule has 0 heterocycles. The first-order valence-electron chi connectivity index (χ1n) is 6.52. The van der Waals surface area contributed by atoms with Crippen LogP contribution in [0.5, 0.6) is 0 Å². The predicted molar refractivity (Wildman–Crippen MR) is 79.2 cm³/mol. The summed E-state index contributed by atoms with van der Waals surface area (Å²) in [5.41, 5.74) is 6.24. The van der Waals surface area contributed by atoms with Gasteiger partial charge in [-0.15, -0.1) is 0 Å². The quantitative estimate of drug-likeness (QED) is 0.785. The first-order valence-corrected chi connectivity index (χ1v) is 7.74. The summed E-state index contributed by atoms with van der Waals surface area (Å²) in [5.74, 6) is -0.192. The molecular weight excluding hydrogens is 260 g/mol. The second kappa shape index (κ2) is 7.28. The minimum atomic E-state index is -1.43. The van der Waals surface area contributed by atoms with Crippen molar-refractivity contribution in [1.82, 2.24) is 5.32 Å². The molecule has 0 bridgehead atoms. The molecule has 1 aromatic rings. The SMILES string of the molecule is CCCC(C)NC(=O)C(C)S(=O)c1ccccc1N. The third-order valence-corrected chi connectivity index (χ3v) is 4.60.